The van der Waals surface area contributed by atoms with Crippen molar-refractivity contribution in [3.63, 3.8) is 0 Å². The van der Waals surface area contributed by atoms with Crippen molar-refractivity contribution in [2.45, 2.75) is 39.3 Å². The molecule has 1 aromatic rings. The predicted molar refractivity (Wildman–Crippen MR) is 54.8 cm³/mol. The standard InChI is InChI=1S/C12H14F4/c1-7-5-8(12(14,15)16)10(9(13)6-7)11(2,3)4/h5-6H,1-4H3. The van der Waals surface area contributed by atoms with Gasteiger partial charge in [-0.3, -0.25) is 0 Å². The van der Waals surface area contributed by atoms with E-state index in [1.54, 1.807) is 20.8 Å². The molecule has 0 aliphatic rings. The van der Waals surface area contributed by atoms with Crippen molar-refractivity contribution >= 4 is 0 Å². The Kier molecular flexibility index (Phi) is 3.05. The van der Waals surface area contributed by atoms with Gasteiger partial charge >= 0.3 is 6.18 Å². The van der Waals surface area contributed by atoms with E-state index < -0.39 is 23.0 Å². The molecule has 16 heavy (non-hydrogen) atoms. The number of benzene rings is 1. The number of hydrogen-bond donors (Lipinski definition) is 0. The molecule has 0 fully saturated rings. The van der Waals surface area contributed by atoms with E-state index in [-0.39, 0.29) is 11.1 Å². The zero-order valence-electron chi connectivity index (χ0n) is 9.67. The Bertz CT molecular complexity index is 397. The van der Waals surface area contributed by atoms with Crippen molar-refractivity contribution in [3.8, 4) is 0 Å². The van der Waals surface area contributed by atoms with Crippen LogP contribution in [0.3, 0.4) is 0 Å². The number of halogens is 4. The van der Waals surface area contributed by atoms with Crippen molar-refractivity contribution in [1.29, 1.82) is 0 Å². The third kappa shape index (κ3) is 2.54. The van der Waals surface area contributed by atoms with Gasteiger partial charge in [0.05, 0.1) is 5.56 Å². The lowest BCUT2D eigenvalue weighted by Crippen LogP contribution is -2.21. The second-order valence-corrected chi connectivity index (χ2v) is 4.92. The predicted octanol–water partition coefficient (Wildman–Crippen LogP) is 4.45. The van der Waals surface area contributed by atoms with Gasteiger partial charge in [-0.1, -0.05) is 20.8 Å². The molecule has 0 saturated heterocycles. The largest absolute Gasteiger partial charge is 0.416 e. The molecule has 0 atom stereocenters. The average molecular weight is 234 g/mol. The Morgan fingerprint density at radius 3 is 1.88 bits per heavy atom. The van der Waals surface area contributed by atoms with Gasteiger partial charge in [0.1, 0.15) is 5.82 Å². The van der Waals surface area contributed by atoms with E-state index in [1.165, 1.54) is 6.92 Å². The summed E-state index contributed by atoms with van der Waals surface area (Å²) in [6.45, 7) is 6.15. The van der Waals surface area contributed by atoms with Crippen LogP contribution in [0, 0.1) is 12.7 Å². The zero-order chi connectivity index (χ0) is 12.7. The van der Waals surface area contributed by atoms with Crippen molar-refractivity contribution in [3.05, 3.63) is 34.6 Å². The smallest absolute Gasteiger partial charge is 0.207 e. The van der Waals surface area contributed by atoms with Crippen molar-refractivity contribution < 1.29 is 17.6 Å². The monoisotopic (exact) mass is 234 g/mol. The van der Waals surface area contributed by atoms with E-state index in [9.17, 15) is 17.6 Å². The molecule has 0 aliphatic carbocycles. The highest BCUT2D eigenvalue weighted by Gasteiger charge is 2.38. The van der Waals surface area contributed by atoms with Gasteiger partial charge in [0.2, 0.25) is 0 Å². The number of alkyl halides is 3. The van der Waals surface area contributed by atoms with Gasteiger partial charge in [-0.25, -0.2) is 4.39 Å². The lowest BCUT2D eigenvalue weighted by atomic mass is 9.82. The molecule has 0 radical (unpaired) electrons. The highest BCUT2D eigenvalue weighted by atomic mass is 19.4. The first-order valence-electron chi connectivity index (χ1n) is 4.91. The summed E-state index contributed by atoms with van der Waals surface area (Å²) in [5.74, 6) is -0.792. The van der Waals surface area contributed by atoms with Gasteiger partial charge in [0.15, 0.2) is 0 Å². The first-order chi connectivity index (χ1) is 7.03. The molecule has 0 nitrogen and oxygen atoms in total. The lowest BCUT2D eigenvalue weighted by Gasteiger charge is -2.25. The molecule has 0 heterocycles. The van der Waals surface area contributed by atoms with E-state index in [0.29, 0.717) is 0 Å². The van der Waals surface area contributed by atoms with Gasteiger partial charge in [0.25, 0.3) is 0 Å². The summed E-state index contributed by atoms with van der Waals surface area (Å²) in [7, 11) is 0. The fourth-order valence-corrected chi connectivity index (χ4v) is 1.73. The minimum absolute atomic E-state index is 0.273. The summed E-state index contributed by atoms with van der Waals surface area (Å²) in [5, 5.41) is 0. The average Bonchev–Trinajstić information content (AvgIpc) is 1.97. The van der Waals surface area contributed by atoms with Gasteiger partial charge in [-0.15, -0.1) is 0 Å². The SMILES string of the molecule is Cc1cc(F)c(C(C)(C)C)c(C(F)(F)F)c1. The summed E-state index contributed by atoms with van der Waals surface area (Å²) in [4.78, 5) is 0. The molecule has 90 valence electrons. The summed E-state index contributed by atoms with van der Waals surface area (Å²) >= 11 is 0. The van der Waals surface area contributed by atoms with Crippen LogP contribution in [0.2, 0.25) is 0 Å². The third-order valence-corrected chi connectivity index (χ3v) is 2.29. The zero-order valence-corrected chi connectivity index (χ0v) is 9.67. The maximum atomic E-state index is 13.6. The van der Waals surface area contributed by atoms with E-state index in [0.717, 1.165) is 12.1 Å². The van der Waals surface area contributed by atoms with Crippen LogP contribution in [0.4, 0.5) is 17.6 Å². The van der Waals surface area contributed by atoms with Crippen molar-refractivity contribution in [1.82, 2.24) is 0 Å². The Labute approximate surface area is 92.3 Å². The molecular formula is C12H14F4. The van der Waals surface area contributed by atoms with Crippen LogP contribution in [0.1, 0.15) is 37.5 Å². The molecule has 0 aliphatic heterocycles. The minimum atomic E-state index is -4.52. The molecule has 0 aromatic heterocycles. The normalized spacial score (nSPS) is 13.0. The maximum absolute atomic E-state index is 13.6. The quantitative estimate of drug-likeness (QED) is 0.582. The second-order valence-electron chi connectivity index (χ2n) is 4.92. The minimum Gasteiger partial charge on any atom is -0.207 e. The van der Waals surface area contributed by atoms with E-state index in [2.05, 4.69) is 0 Å². The van der Waals surface area contributed by atoms with Gasteiger partial charge in [-0.05, 0) is 30.0 Å². The number of hydrogen-bond acceptors (Lipinski definition) is 0. The second kappa shape index (κ2) is 3.75. The van der Waals surface area contributed by atoms with Crippen LogP contribution in [-0.4, -0.2) is 0 Å². The first kappa shape index (κ1) is 13.0. The van der Waals surface area contributed by atoms with Crippen LogP contribution in [0.15, 0.2) is 12.1 Å². The number of aryl methyl sites for hydroxylation is 1. The number of rotatable bonds is 0. The van der Waals surface area contributed by atoms with E-state index in [1.807, 2.05) is 0 Å². The Hall–Kier alpha value is -1.06. The van der Waals surface area contributed by atoms with Crippen LogP contribution >= 0.6 is 0 Å². The summed E-state index contributed by atoms with van der Waals surface area (Å²) in [6.07, 6.45) is -4.52. The Morgan fingerprint density at radius 1 is 1.00 bits per heavy atom. The van der Waals surface area contributed by atoms with Crippen LogP contribution in [0.5, 0.6) is 0 Å². The summed E-state index contributed by atoms with van der Waals surface area (Å²) in [5.41, 5.74) is -1.75. The fourth-order valence-electron chi connectivity index (χ4n) is 1.73. The van der Waals surface area contributed by atoms with Crippen LogP contribution < -0.4 is 0 Å². The van der Waals surface area contributed by atoms with Crippen molar-refractivity contribution in [2.24, 2.45) is 0 Å². The Balaban J connectivity index is 3.58. The van der Waals surface area contributed by atoms with Gasteiger partial charge in [0, 0.05) is 5.56 Å². The molecule has 0 N–H and O–H groups in total. The molecule has 0 spiro atoms. The van der Waals surface area contributed by atoms with E-state index in [4.69, 9.17) is 0 Å². The van der Waals surface area contributed by atoms with Crippen LogP contribution in [0.25, 0.3) is 0 Å². The highest BCUT2D eigenvalue weighted by Crippen LogP contribution is 2.39. The summed E-state index contributed by atoms with van der Waals surface area (Å²) in [6, 6.07) is 2.12. The maximum Gasteiger partial charge on any atom is 0.416 e. The molecule has 0 saturated carbocycles. The molecular weight excluding hydrogens is 220 g/mol. The van der Waals surface area contributed by atoms with Crippen molar-refractivity contribution in [2.75, 3.05) is 0 Å². The highest BCUT2D eigenvalue weighted by molar-refractivity contribution is 5.39. The Morgan fingerprint density at radius 2 is 1.50 bits per heavy atom. The first-order valence-corrected chi connectivity index (χ1v) is 4.91. The third-order valence-electron chi connectivity index (χ3n) is 2.29. The fraction of sp³-hybridized carbons (Fsp3) is 0.500. The van der Waals surface area contributed by atoms with Crippen LogP contribution in [-0.2, 0) is 11.6 Å². The van der Waals surface area contributed by atoms with Gasteiger partial charge in [-0.2, -0.15) is 13.2 Å². The van der Waals surface area contributed by atoms with Gasteiger partial charge < -0.3 is 0 Å². The molecule has 1 aromatic carbocycles. The molecule has 4 heteroatoms. The lowest BCUT2D eigenvalue weighted by molar-refractivity contribution is -0.139. The summed E-state index contributed by atoms with van der Waals surface area (Å²) < 4.78 is 52.0. The molecule has 0 amide bonds. The molecule has 1 rings (SSSR count). The molecule has 0 unspecified atom stereocenters. The van der Waals surface area contributed by atoms with E-state index >= 15 is 0 Å². The molecule has 0 bridgehead atoms. The topological polar surface area (TPSA) is 0 Å².